The van der Waals surface area contributed by atoms with Gasteiger partial charge in [-0.2, -0.15) is 0 Å². The van der Waals surface area contributed by atoms with E-state index >= 15 is 0 Å². The van der Waals surface area contributed by atoms with Gasteiger partial charge in [-0.25, -0.2) is 8.78 Å². The van der Waals surface area contributed by atoms with Crippen LogP contribution in [-0.2, 0) is 0 Å². The molecule has 4 heteroatoms. The standard InChI is InChI=1S/C10H17F2NO/c11-10(12)5-7(6-10)13-8-3-1-2-4-9(8)14/h7-9,13-14H,1-6H2/t8-,9-/m0/s1. The third kappa shape index (κ3) is 2.23. The van der Waals surface area contributed by atoms with Crippen LogP contribution in [0.5, 0.6) is 0 Å². The number of hydrogen-bond acceptors (Lipinski definition) is 2. The molecule has 2 fully saturated rings. The monoisotopic (exact) mass is 205 g/mol. The predicted octanol–water partition coefficient (Wildman–Crippen LogP) is 1.68. The summed E-state index contributed by atoms with van der Waals surface area (Å²) >= 11 is 0. The number of halogens is 2. The van der Waals surface area contributed by atoms with Gasteiger partial charge in [0, 0.05) is 24.9 Å². The van der Waals surface area contributed by atoms with Crippen molar-refractivity contribution in [2.45, 2.75) is 62.6 Å². The van der Waals surface area contributed by atoms with Crippen molar-refractivity contribution in [1.82, 2.24) is 5.32 Å². The molecule has 2 N–H and O–H groups in total. The lowest BCUT2D eigenvalue weighted by molar-refractivity contribution is -0.0988. The fourth-order valence-electron chi connectivity index (χ4n) is 2.39. The molecule has 0 saturated heterocycles. The van der Waals surface area contributed by atoms with E-state index in [9.17, 15) is 13.9 Å². The summed E-state index contributed by atoms with van der Waals surface area (Å²) < 4.78 is 25.1. The van der Waals surface area contributed by atoms with Crippen molar-refractivity contribution < 1.29 is 13.9 Å². The molecular weight excluding hydrogens is 188 g/mol. The largest absolute Gasteiger partial charge is 0.392 e. The zero-order valence-corrected chi connectivity index (χ0v) is 8.18. The Kier molecular flexibility index (Phi) is 2.75. The number of aliphatic hydroxyl groups excluding tert-OH is 1. The lowest BCUT2D eigenvalue weighted by Crippen LogP contribution is -2.55. The van der Waals surface area contributed by atoms with Crippen molar-refractivity contribution in [2.75, 3.05) is 0 Å². The second-order valence-electron chi connectivity index (χ2n) is 4.59. The van der Waals surface area contributed by atoms with Crippen LogP contribution in [-0.4, -0.2) is 29.2 Å². The predicted molar refractivity (Wildman–Crippen MR) is 49.4 cm³/mol. The molecule has 0 aromatic heterocycles. The lowest BCUT2D eigenvalue weighted by atomic mass is 9.85. The SMILES string of the molecule is O[C@H]1CCCC[C@@H]1NC1CC(F)(F)C1. The third-order valence-corrected chi connectivity index (χ3v) is 3.27. The first-order valence-electron chi connectivity index (χ1n) is 5.39. The maximum atomic E-state index is 12.5. The Balaban J connectivity index is 1.75. The summed E-state index contributed by atoms with van der Waals surface area (Å²) in [5, 5.41) is 12.7. The molecule has 2 atom stereocenters. The number of nitrogens with one attached hydrogen (secondary N) is 1. The van der Waals surface area contributed by atoms with Gasteiger partial charge in [-0.1, -0.05) is 12.8 Å². The van der Waals surface area contributed by atoms with E-state index in [-0.39, 0.29) is 31.0 Å². The third-order valence-electron chi connectivity index (χ3n) is 3.27. The highest BCUT2D eigenvalue weighted by molar-refractivity contribution is 4.94. The Labute approximate surface area is 82.7 Å². The van der Waals surface area contributed by atoms with Gasteiger partial charge in [0.2, 0.25) is 0 Å². The number of aliphatic hydroxyl groups is 1. The van der Waals surface area contributed by atoms with E-state index in [4.69, 9.17) is 0 Å². The van der Waals surface area contributed by atoms with Crippen LogP contribution in [0.3, 0.4) is 0 Å². The normalized spacial score (nSPS) is 37.9. The maximum absolute atomic E-state index is 12.5. The van der Waals surface area contributed by atoms with Gasteiger partial charge in [-0.15, -0.1) is 0 Å². The molecule has 2 aliphatic carbocycles. The van der Waals surface area contributed by atoms with E-state index in [0.717, 1.165) is 25.7 Å². The van der Waals surface area contributed by atoms with E-state index in [0.29, 0.717) is 0 Å². The molecule has 0 amide bonds. The van der Waals surface area contributed by atoms with E-state index in [1.165, 1.54) is 0 Å². The minimum Gasteiger partial charge on any atom is -0.392 e. The van der Waals surface area contributed by atoms with Gasteiger partial charge in [0.05, 0.1) is 6.10 Å². The number of alkyl halides is 2. The summed E-state index contributed by atoms with van der Waals surface area (Å²) in [6, 6.07) is -0.0346. The van der Waals surface area contributed by atoms with Gasteiger partial charge >= 0.3 is 0 Å². The quantitative estimate of drug-likeness (QED) is 0.718. The van der Waals surface area contributed by atoms with Crippen LogP contribution in [0.15, 0.2) is 0 Å². The van der Waals surface area contributed by atoms with Crippen LogP contribution >= 0.6 is 0 Å². The highest BCUT2D eigenvalue weighted by Gasteiger charge is 2.46. The van der Waals surface area contributed by atoms with Crippen LogP contribution in [0, 0.1) is 0 Å². The second kappa shape index (κ2) is 3.74. The summed E-state index contributed by atoms with van der Waals surface area (Å²) in [5.74, 6) is -2.46. The van der Waals surface area contributed by atoms with Crippen LogP contribution < -0.4 is 5.32 Å². The lowest BCUT2D eigenvalue weighted by Gasteiger charge is -2.40. The average Bonchev–Trinajstić information content (AvgIpc) is 2.05. The van der Waals surface area contributed by atoms with Crippen LogP contribution in [0.2, 0.25) is 0 Å². The molecule has 0 spiro atoms. The molecule has 2 saturated carbocycles. The Morgan fingerprint density at radius 3 is 2.36 bits per heavy atom. The molecule has 0 aliphatic heterocycles. The molecule has 0 aromatic rings. The molecule has 0 aromatic carbocycles. The fraction of sp³-hybridized carbons (Fsp3) is 1.00. The summed E-state index contributed by atoms with van der Waals surface area (Å²) in [4.78, 5) is 0. The van der Waals surface area contributed by atoms with Gasteiger partial charge in [0.15, 0.2) is 0 Å². The van der Waals surface area contributed by atoms with Gasteiger partial charge in [0.1, 0.15) is 0 Å². The summed E-state index contributed by atoms with van der Waals surface area (Å²) in [7, 11) is 0. The van der Waals surface area contributed by atoms with Crippen molar-refractivity contribution in [2.24, 2.45) is 0 Å². The Bertz CT molecular complexity index is 202. The van der Waals surface area contributed by atoms with Crippen LogP contribution in [0.4, 0.5) is 8.78 Å². The highest BCUT2D eigenvalue weighted by Crippen LogP contribution is 2.38. The maximum Gasteiger partial charge on any atom is 0.251 e. The number of hydrogen-bond donors (Lipinski definition) is 2. The Hall–Kier alpha value is -0.220. The minimum atomic E-state index is -2.46. The van der Waals surface area contributed by atoms with Gasteiger partial charge in [0.25, 0.3) is 5.92 Å². The first-order valence-corrected chi connectivity index (χ1v) is 5.39. The van der Waals surface area contributed by atoms with Crippen molar-refractivity contribution in [1.29, 1.82) is 0 Å². The van der Waals surface area contributed by atoms with Gasteiger partial charge in [-0.05, 0) is 12.8 Å². The Morgan fingerprint density at radius 2 is 1.79 bits per heavy atom. The molecule has 14 heavy (non-hydrogen) atoms. The van der Waals surface area contributed by atoms with E-state index in [1.807, 2.05) is 0 Å². The molecule has 0 heterocycles. The summed E-state index contributed by atoms with van der Waals surface area (Å²) in [5.41, 5.74) is 0. The van der Waals surface area contributed by atoms with Crippen LogP contribution in [0.25, 0.3) is 0 Å². The highest BCUT2D eigenvalue weighted by atomic mass is 19.3. The van der Waals surface area contributed by atoms with Gasteiger partial charge < -0.3 is 10.4 Å². The average molecular weight is 205 g/mol. The molecule has 0 unspecified atom stereocenters. The topological polar surface area (TPSA) is 32.3 Å². The van der Waals surface area contributed by atoms with Crippen LogP contribution in [0.1, 0.15) is 38.5 Å². The minimum absolute atomic E-state index is 0.0462. The Morgan fingerprint density at radius 1 is 1.14 bits per heavy atom. The molecule has 2 rings (SSSR count). The molecule has 2 aliphatic rings. The smallest absolute Gasteiger partial charge is 0.251 e. The van der Waals surface area contributed by atoms with E-state index in [1.54, 1.807) is 0 Å². The van der Waals surface area contributed by atoms with E-state index < -0.39 is 5.92 Å². The molecule has 82 valence electrons. The molecule has 0 radical (unpaired) electrons. The first-order chi connectivity index (χ1) is 6.57. The summed E-state index contributed by atoms with van der Waals surface area (Å²) in [6.07, 6.45) is 3.42. The molecular formula is C10H17F2NO. The van der Waals surface area contributed by atoms with Crippen molar-refractivity contribution >= 4 is 0 Å². The zero-order valence-electron chi connectivity index (χ0n) is 8.18. The summed E-state index contributed by atoms with van der Waals surface area (Å²) in [6.45, 7) is 0. The van der Waals surface area contributed by atoms with Crippen molar-refractivity contribution in [3.05, 3.63) is 0 Å². The first kappa shape index (κ1) is 10.3. The van der Waals surface area contributed by atoms with Gasteiger partial charge in [-0.3, -0.25) is 0 Å². The zero-order chi connectivity index (χ0) is 10.2. The molecule has 0 bridgehead atoms. The number of rotatable bonds is 2. The van der Waals surface area contributed by atoms with E-state index in [2.05, 4.69) is 5.32 Å². The second-order valence-corrected chi connectivity index (χ2v) is 4.59. The van der Waals surface area contributed by atoms with Crippen molar-refractivity contribution in [3.8, 4) is 0 Å². The molecule has 2 nitrogen and oxygen atoms in total. The fourth-order valence-corrected chi connectivity index (χ4v) is 2.39. The van der Waals surface area contributed by atoms with Crippen molar-refractivity contribution in [3.63, 3.8) is 0 Å².